The van der Waals surface area contributed by atoms with Gasteiger partial charge in [-0.05, 0) is 125 Å². The molecule has 4 saturated heterocycles. The summed E-state index contributed by atoms with van der Waals surface area (Å²) in [4.78, 5) is 0. The van der Waals surface area contributed by atoms with E-state index in [1.54, 1.807) is 0 Å². The van der Waals surface area contributed by atoms with Gasteiger partial charge in [-0.25, -0.2) is 0 Å². The van der Waals surface area contributed by atoms with Crippen molar-refractivity contribution in [1.82, 2.24) is 0 Å². The summed E-state index contributed by atoms with van der Waals surface area (Å²) in [5.41, 5.74) is 2.67. The Labute approximate surface area is 500 Å². The van der Waals surface area contributed by atoms with E-state index >= 15 is 0 Å². The van der Waals surface area contributed by atoms with E-state index in [-0.39, 0.29) is 0 Å². The lowest BCUT2D eigenvalue weighted by Gasteiger charge is -2.49. The van der Waals surface area contributed by atoms with Crippen LogP contribution in [0.2, 0.25) is 0 Å². The predicted octanol–water partition coefficient (Wildman–Crippen LogP) is 7.32. The van der Waals surface area contributed by atoms with Crippen LogP contribution < -0.4 is 18.9 Å². The van der Waals surface area contributed by atoms with E-state index in [0.717, 1.165) is 45.3 Å². The monoisotopic (exact) mass is 1190 g/mol. The molecule has 21 nitrogen and oxygen atoms in total. The third-order valence-electron chi connectivity index (χ3n) is 15.3. The van der Waals surface area contributed by atoms with Crippen molar-refractivity contribution in [2.24, 2.45) is 10.8 Å². The van der Waals surface area contributed by atoms with Crippen LogP contribution in [0.25, 0.3) is 0 Å². The second-order valence-corrected chi connectivity index (χ2v) is 22.1. The van der Waals surface area contributed by atoms with E-state index in [1.165, 1.54) is 0 Å². The van der Waals surface area contributed by atoms with Crippen molar-refractivity contribution in [2.75, 3.05) is 198 Å². The summed E-state index contributed by atoms with van der Waals surface area (Å²) < 4.78 is 126. The van der Waals surface area contributed by atoms with Crippen LogP contribution in [0.5, 0.6) is 23.0 Å². The minimum absolute atomic E-state index is 0.398. The van der Waals surface area contributed by atoms with Gasteiger partial charge in [0, 0.05) is 22.3 Å². The van der Waals surface area contributed by atoms with E-state index in [2.05, 4.69) is 0 Å². The SMILES string of the molecule is CC12OCC3(CO1)COC(C)(OC3)c1ccc(cc1)OCCOCCOCCOCCOCCOc1ccc(cc1)C1(C)OCC3(COC(C)(OC3)c3ccc(cc3)OCCOCCOCCOCCOCCOCCOc3ccc2cc3)CO1. The van der Waals surface area contributed by atoms with Gasteiger partial charge in [0.15, 0.2) is 23.1 Å². The minimum Gasteiger partial charge on any atom is -0.491 e. The Morgan fingerprint density at radius 1 is 0.200 bits per heavy atom. The largest absolute Gasteiger partial charge is 0.491 e. The number of hydrogen-bond acceptors (Lipinski definition) is 21. The molecule has 0 unspecified atom stereocenters. The molecule has 14 bridgehead atoms. The lowest BCUT2D eigenvalue weighted by molar-refractivity contribution is -0.369. The molecule has 18 aliphatic heterocycles. The topological polar surface area (TPSA) is 194 Å². The highest BCUT2D eigenvalue weighted by atomic mass is 16.7. The van der Waals surface area contributed by atoms with E-state index in [1.807, 2.05) is 125 Å². The molecule has 18 heterocycles. The molecule has 0 saturated carbocycles. The van der Waals surface area contributed by atoms with Crippen LogP contribution >= 0.6 is 0 Å². The Balaban J connectivity index is 0.664. The van der Waals surface area contributed by atoms with Crippen LogP contribution in [-0.4, -0.2) is 198 Å². The lowest BCUT2D eigenvalue weighted by atomic mass is 9.88. The van der Waals surface area contributed by atoms with E-state index < -0.39 is 34.0 Å². The molecular weight excluding hydrogens is 1100 g/mol. The van der Waals surface area contributed by atoms with Crippen molar-refractivity contribution in [2.45, 2.75) is 50.8 Å². The van der Waals surface area contributed by atoms with E-state index in [0.29, 0.717) is 198 Å². The van der Waals surface area contributed by atoms with Gasteiger partial charge in [-0.2, -0.15) is 0 Å². The quantitative estimate of drug-likeness (QED) is 0.170. The maximum atomic E-state index is 6.40. The smallest absolute Gasteiger partial charge is 0.191 e. The molecule has 21 heteroatoms. The summed E-state index contributed by atoms with van der Waals surface area (Å²) >= 11 is 0. The van der Waals surface area contributed by atoms with Crippen LogP contribution in [0, 0.1) is 10.8 Å². The minimum atomic E-state index is -0.927. The van der Waals surface area contributed by atoms with Crippen LogP contribution in [0.1, 0.15) is 49.9 Å². The van der Waals surface area contributed by atoms with Crippen molar-refractivity contribution >= 4 is 0 Å². The van der Waals surface area contributed by atoms with Crippen molar-refractivity contribution in [3.8, 4) is 23.0 Å². The normalized spacial score (nSPS) is 30.9. The van der Waals surface area contributed by atoms with Gasteiger partial charge in [0.1, 0.15) is 49.4 Å². The first-order chi connectivity index (χ1) is 41.5. The van der Waals surface area contributed by atoms with Crippen molar-refractivity contribution < 1.29 is 99.5 Å². The fourth-order valence-electron chi connectivity index (χ4n) is 9.69. The first-order valence-electron chi connectivity index (χ1n) is 29.7. The second kappa shape index (κ2) is 32.6. The van der Waals surface area contributed by atoms with Gasteiger partial charge in [0.2, 0.25) is 0 Å². The molecule has 2 spiro atoms. The van der Waals surface area contributed by atoms with Gasteiger partial charge in [0.05, 0.1) is 183 Å². The fourth-order valence-corrected chi connectivity index (χ4v) is 9.69. The van der Waals surface area contributed by atoms with Crippen LogP contribution in [0.4, 0.5) is 0 Å². The molecule has 470 valence electrons. The highest BCUT2D eigenvalue weighted by Gasteiger charge is 2.51. The van der Waals surface area contributed by atoms with Gasteiger partial charge in [0.25, 0.3) is 0 Å². The summed E-state index contributed by atoms with van der Waals surface area (Å²) in [6.07, 6.45) is 0. The van der Waals surface area contributed by atoms with Crippen LogP contribution in [-0.2, 0) is 104 Å². The molecular formula is C64H88O21. The number of rotatable bonds is 0. The second-order valence-electron chi connectivity index (χ2n) is 22.1. The zero-order valence-corrected chi connectivity index (χ0v) is 50.0. The molecule has 0 amide bonds. The zero-order chi connectivity index (χ0) is 59.0. The van der Waals surface area contributed by atoms with Gasteiger partial charge in [-0.15, -0.1) is 0 Å². The zero-order valence-electron chi connectivity index (χ0n) is 50.0. The number of benzene rings is 4. The maximum Gasteiger partial charge on any atom is 0.191 e. The summed E-state index contributed by atoms with van der Waals surface area (Å²) in [6, 6.07) is 30.9. The van der Waals surface area contributed by atoms with E-state index in [4.69, 9.17) is 99.5 Å². The molecule has 0 N–H and O–H groups in total. The fraction of sp³-hybridized carbons (Fsp3) is 0.625. The standard InChI is InChI=1S/C64H88O21/c1-59-51-5-13-55(14-6-51)74-39-35-70-31-27-66-23-21-65-22-24-67-28-32-71-36-40-75-56-15-7-52(8-16-56)60(2)80-45-64(46-81-60)49-84-62(4,85-50-64)54-11-19-58(20-12-54)77-42-38-73-34-30-69-26-25-68-29-33-72-37-41-76-57-17-9-53(10-18-57)61(3)82-47-63(43-78-59,44-79-59)48-83-61/h5-20H,21-50H2,1-4H3. The Morgan fingerprint density at radius 3 is 0.494 bits per heavy atom. The molecule has 0 aliphatic carbocycles. The molecule has 4 aromatic carbocycles. The third-order valence-corrected chi connectivity index (χ3v) is 15.3. The molecule has 0 atom stereocenters. The summed E-state index contributed by atoms with van der Waals surface area (Å²) in [5, 5.41) is 0. The maximum absolute atomic E-state index is 6.40. The van der Waals surface area contributed by atoms with Crippen molar-refractivity contribution in [3.63, 3.8) is 0 Å². The van der Waals surface area contributed by atoms with Crippen molar-refractivity contribution in [1.29, 1.82) is 0 Å². The highest BCUT2D eigenvalue weighted by Crippen LogP contribution is 2.45. The Hall–Kier alpha value is -4.60. The average Bonchev–Trinajstić information content (AvgIpc) is 1.55. The average molecular weight is 1190 g/mol. The predicted molar refractivity (Wildman–Crippen MR) is 307 cm³/mol. The molecule has 4 fully saturated rings. The molecule has 22 rings (SSSR count). The first-order valence-corrected chi connectivity index (χ1v) is 29.7. The lowest BCUT2D eigenvalue weighted by Crippen LogP contribution is -2.56. The molecule has 0 aromatic heterocycles. The number of hydrogen-bond donors (Lipinski definition) is 0. The van der Waals surface area contributed by atoms with E-state index in [9.17, 15) is 0 Å². The third kappa shape index (κ3) is 19.4. The molecule has 85 heavy (non-hydrogen) atoms. The Morgan fingerprint density at radius 2 is 0.341 bits per heavy atom. The van der Waals surface area contributed by atoms with Crippen molar-refractivity contribution in [3.05, 3.63) is 119 Å². The summed E-state index contributed by atoms with van der Waals surface area (Å²) in [7, 11) is 0. The van der Waals surface area contributed by atoms with Gasteiger partial charge >= 0.3 is 0 Å². The Kier molecular flexibility index (Phi) is 24.9. The first kappa shape index (κ1) is 64.9. The van der Waals surface area contributed by atoms with Gasteiger partial charge < -0.3 is 99.5 Å². The van der Waals surface area contributed by atoms with Crippen LogP contribution in [0.3, 0.4) is 0 Å². The molecule has 0 radical (unpaired) electrons. The highest BCUT2D eigenvalue weighted by molar-refractivity contribution is 5.33. The van der Waals surface area contributed by atoms with Crippen LogP contribution in [0.15, 0.2) is 97.1 Å². The molecule has 4 aromatic rings. The molecule has 18 aliphatic rings. The summed E-state index contributed by atoms with van der Waals surface area (Å²) in [5.74, 6) is -0.811. The van der Waals surface area contributed by atoms with Gasteiger partial charge in [-0.3, -0.25) is 0 Å². The van der Waals surface area contributed by atoms with Gasteiger partial charge in [-0.1, -0.05) is 0 Å². The summed E-state index contributed by atoms with van der Waals surface area (Å²) in [6.45, 7) is 20.7. The Bertz CT molecular complexity index is 2300. The number of ether oxygens (including phenoxy) is 21.